The van der Waals surface area contributed by atoms with E-state index in [1.165, 1.54) is 12.1 Å². The molecule has 1 N–H and O–H groups in total. The fourth-order valence-electron chi connectivity index (χ4n) is 2.52. The maximum Gasteiger partial charge on any atom is 0.271 e. The van der Waals surface area contributed by atoms with E-state index < -0.39 is 12.1 Å². The Kier molecular flexibility index (Phi) is 5.06. The summed E-state index contributed by atoms with van der Waals surface area (Å²) in [6.45, 7) is 5.23. The van der Waals surface area contributed by atoms with E-state index in [0.29, 0.717) is 22.6 Å². The van der Waals surface area contributed by atoms with Crippen LogP contribution in [0.5, 0.6) is 0 Å². The van der Waals surface area contributed by atoms with Crippen LogP contribution < -0.4 is 10.8 Å². The number of aryl methyl sites for hydroxylation is 1. The number of nitrogens with one attached hydrogen (secondary N) is 1. The van der Waals surface area contributed by atoms with Gasteiger partial charge in [0.1, 0.15) is 13.0 Å². The summed E-state index contributed by atoms with van der Waals surface area (Å²) in [7, 11) is -2.40. The zero-order valence-electron chi connectivity index (χ0n) is 15.2. The van der Waals surface area contributed by atoms with Crippen molar-refractivity contribution in [3.05, 3.63) is 70.4 Å². The molecule has 0 fully saturated rings. The van der Waals surface area contributed by atoms with Gasteiger partial charge in [0.15, 0.2) is 0 Å². The number of pyridine rings is 2. The predicted octanol–water partition coefficient (Wildman–Crippen LogP) is 4.35. The molecule has 7 nitrogen and oxygen atoms in total. The minimum atomic E-state index is -2.40. The SMILES string of the molecule is Cc1ccc([N+](=O)[O-])cc1Nc1cccc(-c2ccc(P(C)(C)=O)nc2)n1. The monoisotopic (exact) mass is 382 g/mol. The topological polar surface area (TPSA) is 98.0 Å². The normalized spacial score (nSPS) is 11.2. The number of hydrogen-bond donors (Lipinski definition) is 1. The molecule has 0 atom stereocenters. The third kappa shape index (κ3) is 4.38. The smallest absolute Gasteiger partial charge is 0.271 e. The third-order valence-corrected chi connectivity index (χ3v) is 5.41. The molecule has 0 radical (unpaired) electrons. The van der Waals surface area contributed by atoms with Crippen LogP contribution in [0.4, 0.5) is 17.2 Å². The number of nitro benzene ring substituents is 1. The van der Waals surface area contributed by atoms with Crippen molar-refractivity contribution in [2.75, 3.05) is 18.6 Å². The van der Waals surface area contributed by atoms with Crippen molar-refractivity contribution in [3.8, 4) is 11.3 Å². The Balaban J connectivity index is 1.89. The average Bonchev–Trinajstić information content (AvgIpc) is 2.63. The molecule has 3 rings (SSSR count). The lowest BCUT2D eigenvalue weighted by Gasteiger charge is -2.11. The summed E-state index contributed by atoms with van der Waals surface area (Å²) < 4.78 is 12.1. The lowest BCUT2D eigenvalue weighted by Crippen LogP contribution is -2.07. The first-order chi connectivity index (χ1) is 12.7. The van der Waals surface area contributed by atoms with Gasteiger partial charge >= 0.3 is 0 Å². The van der Waals surface area contributed by atoms with Crippen LogP contribution in [0.1, 0.15) is 5.56 Å². The lowest BCUT2D eigenvalue weighted by atomic mass is 10.1. The van der Waals surface area contributed by atoms with Crippen LogP contribution in [0.3, 0.4) is 0 Å². The highest BCUT2D eigenvalue weighted by Crippen LogP contribution is 2.33. The van der Waals surface area contributed by atoms with Gasteiger partial charge in [0.25, 0.3) is 5.69 Å². The van der Waals surface area contributed by atoms with Gasteiger partial charge in [-0.05, 0) is 50.1 Å². The first kappa shape index (κ1) is 18.7. The van der Waals surface area contributed by atoms with Crippen LogP contribution in [0.2, 0.25) is 0 Å². The van der Waals surface area contributed by atoms with Crippen LogP contribution in [0, 0.1) is 17.0 Å². The number of nitrogens with zero attached hydrogens (tertiary/aromatic N) is 3. The highest BCUT2D eigenvalue weighted by Gasteiger charge is 2.13. The molecule has 0 bridgehead atoms. The third-order valence-electron chi connectivity index (χ3n) is 4.04. The highest BCUT2D eigenvalue weighted by atomic mass is 31.2. The quantitative estimate of drug-likeness (QED) is 0.400. The Hall–Kier alpha value is -3.05. The molecule has 2 heterocycles. The van der Waals surface area contributed by atoms with Gasteiger partial charge < -0.3 is 9.88 Å². The van der Waals surface area contributed by atoms with Crippen molar-refractivity contribution in [2.45, 2.75) is 6.92 Å². The first-order valence-corrected chi connectivity index (χ1v) is 10.9. The molecule has 0 aliphatic carbocycles. The minimum absolute atomic E-state index is 0.0163. The molecule has 0 spiro atoms. The summed E-state index contributed by atoms with van der Waals surface area (Å²) in [6, 6.07) is 13.7. The molecule has 3 aromatic rings. The van der Waals surface area contributed by atoms with Crippen molar-refractivity contribution in [3.63, 3.8) is 0 Å². The molecule has 27 heavy (non-hydrogen) atoms. The van der Waals surface area contributed by atoms with Gasteiger partial charge in [0.2, 0.25) is 0 Å². The Morgan fingerprint density at radius 2 is 1.89 bits per heavy atom. The van der Waals surface area contributed by atoms with Crippen molar-refractivity contribution in [1.29, 1.82) is 0 Å². The number of aromatic nitrogens is 2. The van der Waals surface area contributed by atoms with E-state index in [2.05, 4.69) is 15.3 Å². The summed E-state index contributed by atoms with van der Waals surface area (Å²) in [5.74, 6) is 0.567. The van der Waals surface area contributed by atoms with Crippen molar-refractivity contribution in [2.24, 2.45) is 0 Å². The van der Waals surface area contributed by atoms with E-state index in [4.69, 9.17) is 0 Å². The second-order valence-corrected chi connectivity index (χ2v) is 9.71. The standard InChI is InChI=1S/C19H19N4O3P/c1-13-7-9-15(23(24)25)11-17(13)22-18-6-4-5-16(21-18)14-8-10-19(20-12-14)27(2,3)26/h4-12H,1-3H3,(H,21,22). The number of nitro groups is 1. The van der Waals surface area contributed by atoms with E-state index in [0.717, 1.165) is 11.1 Å². The second kappa shape index (κ2) is 7.29. The number of hydrogen-bond acceptors (Lipinski definition) is 6. The van der Waals surface area contributed by atoms with Gasteiger partial charge in [-0.1, -0.05) is 12.1 Å². The van der Waals surface area contributed by atoms with Crippen LogP contribution in [-0.4, -0.2) is 28.2 Å². The fraction of sp³-hybridized carbons (Fsp3) is 0.158. The minimum Gasteiger partial charge on any atom is -0.340 e. The molecule has 2 aromatic heterocycles. The van der Waals surface area contributed by atoms with Crippen LogP contribution in [-0.2, 0) is 4.57 Å². The lowest BCUT2D eigenvalue weighted by molar-refractivity contribution is -0.384. The number of benzene rings is 1. The molecule has 0 aliphatic rings. The van der Waals surface area contributed by atoms with Crippen LogP contribution >= 0.6 is 7.14 Å². The van der Waals surface area contributed by atoms with Gasteiger partial charge in [-0.15, -0.1) is 0 Å². The molecule has 138 valence electrons. The van der Waals surface area contributed by atoms with Gasteiger partial charge in [0.05, 0.1) is 16.1 Å². The number of non-ortho nitro benzene ring substituents is 1. The largest absolute Gasteiger partial charge is 0.340 e. The maximum atomic E-state index is 12.1. The van der Waals surface area contributed by atoms with Crippen molar-refractivity contribution in [1.82, 2.24) is 9.97 Å². The molecule has 0 saturated carbocycles. The summed E-state index contributed by atoms with van der Waals surface area (Å²) in [6.07, 6.45) is 1.65. The van der Waals surface area contributed by atoms with E-state index in [1.54, 1.807) is 37.7 Å². The first-order valence-electron chi connectivity index (χ1n) is 8.25. The van der Waals surface area contributed by atoms with Gasteiger partial charge in [-0.25, -0.2) is 4.98 Å². The second-order valence-electron chi connectivity index (χ2n) is 6.55. The summed E-state index contributed by atoms with van der Waals surface area (Å²) >= 11 is 0. The fourth-order valence-corrected chi connectivity index (χ4v) is 3.29. The summed E-state index contributed by atoms with van der Waals surface area (Å²) in [5, 5.41) is 14.1. The Bertz CT molecular complexity index is 1050. The zero-order valence-corrected chi connectivity index (χ0v) is 16.1. The Morgan fingerprint density at radius 3 is 2.52 bits per heavy atom. The van der Waals surface area contributed by atoms with E-state index in [-0.39, 0.29) is 5.69 Å². The van der Waals surface area contributed by atoms with Crippen LogP contribution in [0.25, 0.3) is 11.3 Å². The number of anilines is 2. The van der Waals surface area contributed by atoms with Crippen molar-refractivity contribution >= 4 is 29.8 Å². The Morgan fingerprint density at radius 1 is 1.11 bits per heavy atom. The highest BCUT2D eigenvalue weighted by molar-refractivity contribution is 7.69. The van der Waals surface area contributed by atoms with Gasteiger partial charge in [-0.2, -0.15) is 0 Å². The molecule has 0 saturated heterocycles. The Labute approximate surface area is 157 Å². The summed E-state index contributed by atoms with van der Waals surface area (Å²) in [4.78, 5) is 19.4. The number of rotatable bonds is 5. The van der Waals surface area contributed by atoms with Gasteiger partial charge in [0, 0.05) is 29.6 Å². The average molecular weight is 382 g/mol. The van der Waals surface area contributed by atoms with Gasteiger partial charge in [-0.3, -0.25) is 15.1 Å². The molecule has 8 heteroatoms. The zero-order chi connectivity index (χ0) is 19.6. The molecule has 0 unspecified atom stereocenters. The molecular weight excluding hydrogens is 363 g/mol. The van der Waals surface area contributed by atoms with E-state index in [1.807, 2.05) is 25.1 Å². The van der Waals surface area contributed by atoms with Crippen molar-refractivity contribution < 1.29 is 9.49 Å². The molecule has 1 aromatic carbocycles. The maximum absolute atomic E-state index is 12.1. The van der Waals surface area contributed by atoms with E-state index >= 15 is 0 Å². The van der Waals surface area contributed by atoms with E-state index in [9.17, 15) is 14.7 Å². The molecule has 0 aliphatic heterocycles. The van der Waals surface area contributed by atoms with Crippen LogP contribution in [0.15, 0.2) is 54.7 Å². The molecular formula is C19H19N4O3P. The summed E-state index contributed by atoms with van der Waals surface area (Å²) in [5.41, 5.74) is 3.59. The predicted molar refractivity (Wildman–Crippen MR) is 108 cm³/mol. The molecule has 0 amide bonds.